The Balaban J connectivity index is 2.65. The van der Waals surface area contributed by atoms with Gasteiger partial charge < -0.3 is 0 Å². The van der Waals surface area contributed by atoms with E-state index >= 15 is 0 Å². The Bertz CT molecular complexity index is 348. The minimum atomic E-state index is 0.644. The van der Waals surface area contributed by atoms with Crippen LogP contribution in [0.3, 0.4) is 0 Å². The van der Waals surface area contributed by atoms with Crippen LogP contribution in [0, 0.1) is 11.3 Å². The molecule has 0 aliphatic rings. The van der Waals surface area contributed by atoms with Crippen LogP contribution in [0.1, 0.15) is 37.8 Å². The predicted octanol–water partition coefficient (Wildman–Crippen LogP) is 2.58. The van der Waals surface area contributed by atoms with Gasteiger partial charge >= 0.3 is 0 Å². The van der Waals surface area contributed by atoms with Crippen LogP contribution in [-0.2, 0) is 6.54 Å². The van der Waals surface area contributed by atoms with Crippen LogP contribution in [0.5, 0.6) is 0 Å². The van der Waals surface area contributed by atoms with Crippen LogP contribution in [0.4, 0.5) is 0 Å². The number of pyridine rings is 1. The fraction of sp³-hybridized carbons (Fsp3) is 0.538. The molecule has 0 N–H and O–H groups in total. The van der Waals surface area contributed by atoms with E-state index in [0.717, 1.165) is 38.0 Å². The Morgan fingerprint density at radius 2 is 1.94 bits per heavy atom. The maximum absolute atomic E-state index is 8.80. The molecular formula is C13H19N3. The summed E-state index contributed by atoms with van der Waals surface area (Å²) in [5.41, 5.74) is 1.77. The molecule has 0 aliphatic carbocycles. The first kappa shape index (κ1) is 12.7. The second-order valence-electron chi connectivity index (χ2n) is 3.97. The van der Waals surface area contributed by atoms with Gasteiger partial charge in [0.1, 0.15) is 6.07 Å². The molecule has 1 heterocycles. The molecule has 0 saturated carbocycles. The minimum Gasteiger partial charge on any atom is -0.299 e. The molecule has 3 heteroatoms. The van der Waals surface area contributed by atoms with E-state index in [-0.39, 0.29) is 0 Å². The summed E-state index contributed by atoms with van der Waals surface area (Å²) in [5, 5.41) is 8.80. The topological polar surface area (TPSA) is 39.9 Å². The Morgan fingerprint density at radius 3 is 2.50 bits per heavy atom. The summed E-state index contributed by atoms with van der Waals surface area (Å²) >= 11 is 0. The molecule has 0 radical (unpaired) electrons. The van der Waals surface area contributed by atoms with Gasteiger partial charge in [0.15, 0.2) is 0 Å². The normalized spacial score (nSPS) is 10.4. The van der Waals surface area contributed by atoms with Crippen LogP contribution in [0.2, 0.25) is 0 Å². The van der Waals surface area contributed by atoms with Gasteiger partial charge in [-0.2, -0.15) is 5.26 Å². The smallest absolute Gasteiger partial charge is 0.101 e. The number of nitriles is 1. The molecule has 1 aromatic heterocycles. The minimum absolute atomic E-state index is 0.644. The van der Waals surface area contributed by atoms with Crippen molar-refractivity contribution in [3.8, 4) is 6.07 Å². The molecule has 0 unspecified atom stereocenters. The van der Waals surface area contributed by atoms with E-state index in [1.165, 1.54) is 0 Å². The van der Waals surface area contributed by atoms with Crippen molar-refractivity contribution in [3.05, 3.63) is 29.6 Å². The fourth-order valence-corrected chi connectivity index (χ4v) is 1.80. The summed E-state index contributed by atoms with van der Waals surface area (Å²) < 4.78 is 0. The maximum Gasteiger partial charge on any atom is 0.101 e. The second-order valence-corrected chi connectivity index (χ2v) is 3.97. The molecule has 3 nitrogen and oxygen atoms in total. The lowest BCUT2D eigenvalue weighted by atomic mass is 10.2. The second kappa shape index (κ2) is 6.97. The van der Waals surface area contributed by atoms with Crippen molar-refractivity contribution in [1.82, 2.24) is 9.88 Å². The molecular weight excluding hydrogens is 198 g/mol. The van der Waals surface area contributed by atoms with Crippen molar-refractivity contribution in [1.29, 1.82) is 5.26 Å². The van der Waals surface area contributed by atoms with Crippen molar-refractivity contribution in [2.75, 3.05) is 13.1 Å². The monoisotopic (exact) mass is 217 g/mol. The molecule has 0 aliphatic heterocycles. The van der Waals surface area contributed by atoms with Crippen molar-refractivity contribution in [2.24, 2.45) is 0 Å². The Morgan fingerprint density at radius 1 is 1.25 bits per heavy atom. The lowest BCUT2D eigenvalue weighted by Gasteiger charge is -2.20. The Kier molecular flexibility index (Phi) is 5.52. The third-order valence-corrected chi connectivity index (χ3v) is 2.41. The van der Waals surface area contributed by atoms with Crippen molar-refractivity contribution >= 4 is 0 Å². The van der Waals surface area contributed by atoms with Gasteiger partial charge in [-0.3, -0.25) is 9.88 Å². The Hall–Kier alpha value is -1.40. The molecule has 0 amide bonds. The molecule has 1 aromatic rings. The number of hydrogen-bond donors (Lipinski definition) is 0. The molecule has 1 rings (SSSR count). The van der Waals surface area contributed by atoms with Crippen molar-refractivity contribution in [2.45, 2.75) is 33.2 Å². The summed E-state index contributed by atoms with van der Waals surface area (Å²) in [6.45, 7) is 7.47. The highest BCUT2D eigenvalue weighted by atomic mass is 15.1. The van der Waals surface area contributed by atoms with Gasteiger partial charge in [0, 0.05) is 18.9 Å². The highest BCUT2D eigenvalue weighted by Crippen LogP contribution is 2.07. The average Bonchev–Trinajstić information content (AvgIpc) is 2.30. The quantitative estimate of drug-likeness (QED) is 0.735. The summed E-state index contributed by atoms with van der Waals surface area (Å²) in [6, 6.07) is 4.05. The summed E-state index contributed by atoms with van der Waals surface area (Å²) in [6.07, 6.45) is 5.77. The van der Waals surface area contributed by atoms with E-state index in [4.69, 9.17) is 5.26 Å². The molecule has 0 saturated heterocycles. The van der Waals surface area contributed by atoms with Gasteiger partial charge in [-0.1, -0.05) is 13.8 Å². The zero-order valence-corrected chi connectivity index (χ0v) is 10.1. The van der Waals surface area contributed by atoms with E-state index in [1.807, 2.05) is 12.3 Å². The highest BCUT2D eigenvalue weighted by Gasteiger charge is 2.04. The first-order valence-corrected chi connectivity index (χ1v) is 5.86. The predicted molar refractivity (Wildman–Crippen MR) is 64.8 cm³/mol. The van der Waals surface area contributed by atoms with Crippen LogP contribution in [0.25, 0.3) is 0 Å². The first-order valence-electron chi connectivity index (χ1n) is 5.86. The molecule has 0 aromatic carbocycles. The van der Waals surface area contributed by atoms with Crippen molar-refractivity contribution < 1.29 is 0 Å². The molecule has 0 spiro atoms. The lowest BCUT2D eigenvalue weighted by Crippen LogP contribution is -2.24. The van der Waals surface area contributed by atoms with Gasteiger partial charge in [0.25, 0.3) is 0 Å². The van der Waals surface area contributed by atoms with Gasteiger partial charge in [-0.15, -0.1) is 0 Å². The van der Waals surface area contributed by atoms with Crippen LogP contribution >= 0.6 is 0 Å². The maximum atomic E-state index is 8.80. The van der Waals surface area contributed by atoms with Crippen LogP contribution in [0.15, 0.2) is 18.5 Å². The number of rotatable bonds is 6. The van der Waals surface area contributed by atoms with Gasteiger partial charge in [0.2, 0.25) is 0 Å². The number of aromatic nitrogens is 1. The van der Waals surface area contributed by atoms with Crippen LogP contribution in [-0.4, -0.2) is 23.0 Å². The molecule has 86 valence electrons. The highest BCUT2D eigenvalue weighted by molar-refractivity contribution is 5.28. The molecule has 0 fully saturated rings. The average molecular weight is 217 g/mol. The van der Waals surface area contributed by atoms with Gasteiger partial charge in [-0.05, 0) is 37.6 Å². The van der Waals surface area contributed by atoms with E-state index in [1.54, 1.807) is 6.20 Å². The fourth-order valence-electron chi connectivity index (χ4n) is 1.80. The van der Waals surface area contributed by atoms with Gasteiger partial charge in [-0.25, -0.2) is 0 Å². The van der Waals surface area contributed by atoms with Crippen molar-refractivity contribution in [3.63, 3.8) is 0 Å². The van der Waals surface area contributed by atoms with Crippen LogP contribution < -0.4 is 0 Å². The third-order valence-electron chi connectivity index (χ3n) is 2.41. The van der Waals surface area contributed by atoms with E-state index in [9.17, 15) is 0 Å². The third kappa shape index (κ3) is 4.00. The van der Waals surface area contributed by atoms with E-state index < -0.39 is 0 Å². The summed E-state index contributed by atoms with van der Waals surface area (Å²) in [5.74, 6) is 0. The summed E-state index contributed by atoms with van der Waals surface area (Å²) in [7, 11) is 0. The SMILES string of the molecule is CCCN(CCC)Cc1cncc(C#N)c1. The summed E-state index contributed by atoms with van der Waals surface area (Å²) in [4.78, 5) is 6.48. The lowest BCUT2D eigenvalue weighted by molar-refractivity contribution is 0.266. The molecule has 16 heavy (non-hydrogen) atoms. The zero-order chi connectivity index (χ0) is 11.8. The zero-order valence-electron chi connectivity index (χ0n) is 10.1. The number of nitrogens with zero attached hydrogens (tertiary/aromatic N) is 3. The largest absolute Gasteiger partial charge is 0.299 e. The Labute approximate surface area is 97.7 Å². The standard InChI is InChI=1S/C13H19N3/c1-3-5-16(6-4-2)11-13-7-12(8-14)9-15-10-13/h7,9-10H,3-6,11H2,1-2H3. The molecule has 0 bridgehead atoms. The van der Waals surface area contributed by atoms with E-state index in [0.29, 0.717) is 5.56 Å². The van der Waals surface area contributed by atoms with E-state index in [2.05, 4.69) is 29.8 Å². The van der Waals surface area contributed by atoms with Gasteiger partial charge in [0.05, 0.1) is 5.56 Å². The molecule has 0 atom stereocenters. The first-order chi connectivity index (χ1) is 7.80. The number of hydrogen-bond acceptors (Lipinski definition) is 3.